The molecule has 3 aromatic rings. The van der Waals surface area contributed by atoms with E-state index in [9.17, 15) is 29.9 Å². The SMILES string of the molecule is CC(C(=O)OCc1ccccc1)N(Oc1ccccc1)[PH](=O)OC[C@@]1(N=[N+]=[N-])O[C@@H](n2ccc(N)nc2=O)[C@H](O)[C@@H]1O. The largest absolute Gasteiger partial charge is 0.460 e. The summed E-state index contributed by atoms with van der Waals surface area (Å²) in [5.41, 5.74) is 12.2. The van der Waals surface area contributed by atoms with E-state index in [1.54, 1.807) is 54.6 Å². The van der Waals surface area contributed by atoms with Crippen LogP contribution >= 0.6 is 8.18 Å². The average Bonchev–Trinajstić information content (AvgIpc) is 3.23. The van der Waals surface area contributed by atoms with Gasteiger partial charge in [0, 0.05) is 11.1 Å². The minimum absolute atomic E-state index is 0.0519. The van der Waals surface area contributed by atoms with Crippen molar-refractivity contribution in [3.8, 4) is 5.75 Å². The molecule has 0 aliphatic carbocycles. The summed E-state index contributed by atoms with van der Waals surface area (Å²) in [7, 11) is -3.52. The van der Waals surface area contributed by atoms with E-state index in [1.807, 2.05) is 6.07 Å². The van der Waals surface area contributed by atoms with Gasteiger partial charge in [0.25, 0.3) is 8.18 Å². The summed E-state index contributed by atoms with van der Waals surface area (Å²) in [6.45, 7) is 0.456. The van der Waals surface area contributed by atoms with Crippen LogP contribution in [0.3, 0.4) is 0 Å². The highest BCUT2D eigenvalue weighted by Gasteiger charge is 2.56. The Labute approximate surface area is 239 Å². The highest BCUT2D eigenvalue weighted by molar-refractivity contribution is 7.36. The quantitative estimate of drug-likeness (QED) is 0.0676. The molecule has 1 aliphatic rings. The van der Waals surface area contributed by atoms with Crippen molar-refractivity contribution in [1.29, 1.82) is 0 Å². The maximum Gasteiger partial charge on any atom is 0.351 e. The van der Waals surface area contributed by atoms with Crippen molar-refractivity contribution in [2.45, 2.75) is 43.7 Å². The van der Waals surface area contributed by atoms with Crippen LogP contribution in [0, 0.1) is 0 Å². The lowest BCUT2D eigenvalue weighted by molar-refractivity contribution is -0.157. The van der Waals surface area contributed by atoms with Gasteiger partial charge in [-0.1, -0.05) is 58.5 Å². The van der Waals surface area contributed by atoms with Crippen LogP contribution in [-0.2, 0) is 30.0 Å². The smallest absolute Gasteiger partial charge is 0.351 e. The van der Waals surface area contributed by atoms with E-state index in [0.717, 1.165) is 15.0 Å². The van der Waals surface area contributed by atoms with Gasteiger partial charge in [0.05, 0.1) is 6.61 Å². The molecule has 222 valence electrons. The number of carbonyl (C=O) groups is 1. The number of aliphatic hydroxyl groups excluding tert-OH is 2. The van der Waals surface area contributed by atoms with E-state index < -0.39 is 56.6 Å². The molecule has 1 aromatic heterocycles. The fraction of sp³-hybridized carbons (Fsp3) is 0.320. The van der Waals surface area contributed by atoms with E-state index in [1.165, 1.54) is 19.2 Å². The van der Waals surface area contributed by atoms with Crippen molar-refractivity contribution in [3.05, 3.63) is 99.4 Å². The Morgan fingerprint density at radius 2 is 1.90 bits per heavy atom. The van der Waals surface area contributed by atoms with Gasteiger partial charge in [0.2, 0.25) is 5.72 Å². The zero-order valence-electron chi connectivity index (χ0n) is 22.2. The first-order chi connectivity index (χ1) is 20.1. The Balaban J connectivity index is 1.53. The topological polar surface area (TPSA) is 224 Å². The number of azide groups is 1. The molecule has 2 aromatic carbocycles. The van der Waals surface area contributed by atoms with Crippen LogP contribution in [0.15, 0.2) is 82.8 Å². The fourth-order valence-electron chi connectivity index (χ4n) is 3.96. The molecule has 6 atom stereocenters. The third kappa shape index (κ3) is 6.95. The second-order valence-electron chi connectivity index (χ2n) is 9.07. The highest BCUT2D eigenvalue weighted by Crippen LogP contribution is 2.41. The number of benzene rings is 2. The minimum atomic E-state index is -3.52. The number of hydroxylamine groups is 1. The number of anilines is 1. The molecule has 1 aliphatic heterocycles. The van der Waals surface area contributed by atoms with Gasteiger partial charge in [0.1, 0.15) is 36.4 Å². The summed E-state index contributed by atoms with van der Waals surface area (Å²) in [5.74, 6) is -0.665. The molecule has 16 nitrogen and oxygen atoms in total. The lowest BCUT2D eigenvalue weighted by atomic mass is 10.1. The summed E-state index contributed by atoms with van der Waals surface area (Å²) in [4.78, 5) is 37.9. The highest BCUT2D eigenvalue weighted by atomic mass is 31.1. The van der Waals surface area contributed by atoms with Crippen molar-refractivity contribution >= 4 is 20.0 Å². The molecule has 4 N–H and O–H groups in total. The third-order valence-corrected chi connectivity index (χ3v) is 7.42. The first-order valence-electron chi connectivity index (χ1n) is 12.5. The zero-order valence-corrected chi connectivity index (χ0v) is 23.2. The van der Waals surface area contributed by atoms with E-state index in [0.29, 0.717) is 0 Å². The van der Waals surface area contributed by atoms with Crippen molar-refractivity contribution in [3.63, 3.8) is 0 Å². The van der Waals surface area contributed by atoms with Crippen molar-refractivity contribution < 1.29 is 38.4 Å². The number of nitrogens with two attached hydrogens (primary N) is 1. The normalized spacial score (nSPS) is 23.1. The first-order valence-corrected chi connectivity index (χ1v) is 13.8. The number of carbonyl (C=O) groups excluding carboxylic acids is 1. The predicted molar refractivity (Wildman–Crippen MR) is 146 cm³/mol. The summed E-state index contributed by atoms with van der Waals surface area (Å²) >= 11 is 0. The number of nitrogens with zero attached hydrogens (tertiary/aromatic N) is 6. The molecule has 1 saturated heterocycles. The lowest BCUT2D eigenvalue weighted by Gasteiger charge is -2.29. The van der Waals surface area contributed by atoms with Crippen LogP contribution in [-0.4, -0.2) is 61.1 Å². The summed E-state index contributed by atoms with van der Waals surface area (Å²) in [5, 5.41) is 24.9. The molecule has 0 bridgehead atoms. The van der Waals surface area contributed by atoms with E-state index in [-0.39, 0.29) is 18.2 Å². The van der Waals surface area contributed by atoms with Crippen LogP contribution in [0.4, 0.5) is 5.82 Å². The second kappa shape index (κ2) is 13.6. The maximum atomic E-state index is 13.4. The number of aromatic nitrogens is 2. The number of rotatable bonds is 12. The lowest BCUT2D eigenvalue weighted by Crippen LogP contribution is -2.45. The molecular weight excluding hydrogens is 573 g/mol. The van der Waals surface area contributed by atoms with Gasteiger partial charge in [-0.3, -0.25) is 13.9 Å². The molecule has 2 heterocycles. The van der Waals surface area contributed by atoms with Gasteiger partial charge >= 0.3 is 11.7 Å². The van der Waals surface area contributed by atoms with Gasteiger partial charge in [-0.05, 0) is 36.2 Å². The van der Waals surface area contributed by atoms with Crippen LogP contribution in [0.1, 0.15) is 18.7 Å². The number of esters is 1. The summed E-state index contributed by atoms with van der Waals surface area (Å²) in [6, 6.07) is 17.0. The van der Waals surface area contributed by atoms with Gasteiger partial charge in [-0.25, -0.2) is 4.79 Å². The van der Waals surface area contributed by atoms with Crippen LogP contribution in [0.2, 0.25) is 0 Å². The third-order valence-electron chi connectivity index (χ3n) is 6.19. The molecule has 0 spiro atoms. The van der Waals surface area contributed by atoms with Crippen molar-refractivity contribution in [2.24, 2.45) is 5.11 Å². The summed E-state index contributed by atoms with van der Waals surface area (Å²) in [6.07, 6.45) is -4.14. The first kappa shape index (κ1) is 30.7. The second-order valence-corrected chi connectivity index (χ2v) is 10.3. The fourth-order valence-corrected chi connectivity index (χ4v) is 5.02. The Hall–Kier alpha value is -4.27. The van der Waals surface area contributed by atoms with Gasteiger partial charge in [0.15, 0.2) is 6.23 Å². The zero-order chi connectivity index (χ0) is 30.3. The number of hydrogen-bond donors (Lipinski definition) is 3. The van der Waals surface area contributed by atoms with Gasteiger partial charge in [-0.15, -0.1) is 0 Å². The molecule has 4 rings (SSSR count). The monoisotopic (exact) mass is 601 g/mol. The summed E-state index contributed by atoms with van der Waals surface area (Å²) < 4.78 is 30.7. The molecule has 2 unspecified atom stereocenters. The number of para-hydroxylation sites is 1. The Kier molecular flexibility index (Phi) is 9.93. The van der Waals surface area contributed by atoms with Crippen LogP contribution < -0.4 is 16.3 Å². The molecule has 0 amide bonds. The Morgan fingerprint density at radius 1 is 1.24 bits per heavy atom. The number of ether oxygens (including phenoxy) is 2. The molecule has 1 fully saturated rings. The van der Waals surface area contributed by atoms with E-state index in [2.05, 4.69) is 15.0 Å². The Morgan fingerprint density at radius 3 is 2.55 bits per heavy atom. The molecule has 17 heteroatoms. The van der Waals surface area contributed by atoms with E-state index in [4.69, 9.17) is 24.6 Å². The number of nitrogen functional groups attached to an aromatic ring is 1. The Bertz CT molecular complexity index is 1510. The van der Waals surface area contributed by atoms with E-state index >= 15 is 0 Å². The average molecular weight is 602 g/mol. The van der Waals surface area contributed by atoms with Crippen molar-refractivity contribution in [2.75, 3.05) is 12.3 Å². The van der Waals surface area contributed by atoms with Crippen LogP contribution in [0.25, 0.3) is 10.4 Å². The number of hydrogen-bond acceptors (Lipinski definition) is 12. The minimum Gasteiger partial charge on any atom is -0.460 e. The molecule has 0 radical (unpaired) electrons. The van der Waals surface area contributed by atoms with Gasteiger partial charge in [-0.2, -0.15) is 4.98 Å². The van der Waals surface area contributed by atoms with Gasteiger partial charge < -0.3 is 34.8 Å². The standard InChI is InChI=1S/C25H28N7O9P/c1-16(23(35)38-14-17-8-4-2-5-9-17)32(41-18-10-6-3-7-11-18)42(37)39-15-25(29-30-27)21(34)20(33)22(40-25)31-13-12-19(26)28-24(31)36/h2-13,16,20-22,33-34,42H,14-15H2,1H3,(H2,26,28,36)/t16?,20-,21+,22-,25-/m1/s1. The van der Waals surface area contributed by atoms with Crippen molar-refractivity contribution in [1.82, 2.24) is 14.4 Å². The maximum absolute atomic E-state index is 13.4. The molecule has 0 saturated carbocycles. The molecule has 42 heavy (non-hydrogen) atoms. The molecular formula is C25H28N7O9P. The van der Waals surface area contributed by atoms with Crippen LogP contribution in [0.5, 0.6) is 5.75 Å². The predicted octanol–water partition coefficient (Wildman–Crippen LogP) is 1.92. The number of aliphatic hydroxyl groups is 2.